The number of ether oxygens (including phenoxy) is 1. The summed E-state index contributed by atoms with van der Waals surface area (Å²) in [5, 5.41) is 2.71. The molecule has 1 aromatic heterocycles. The zero-order chi connectivity index (χ0) is 15.9. The monoisotopic (exact) mass is 309 g/mol. The molecule has 1 amide bonds. The Morgan fingerprint density at radius 2 is 2.18 bits per heavy atom. The molecule has 1 heterocycles. The highest BCUT2D eigenvalue weighted by Gasteiger charge is 2.21. The van der Waals surface area contributed by atoms with Crippen molar-refractivity contribution in [3.05, 3.63) is 33.1 Å². The van der Waals surface area contributed by atoms with Gasteiger partial charge in [-0.3, -0.25) is 19.1 Å². The minimum Gasteiger partial charge on any atom is -0.376 e. The van der Waals surface area contributed by atoms with Crippen LogP contribution in [0.2, 0.25) is 0 Å². The highest BCUT2D eigenvalue weighted by Crippen LogP contribution is 2.25. The first kappa shape index (κ1) is 16.5. The van der Waals surface area contributed by atoms with Crippen LogP contribution in [0.4, 0.5) is 0 Å². The summed E-state index contributed by atoms with van der Waals surface area (Å²) in [5.41, 5.74) is -1.06. The fourth-order valence-electron chi connectivity index (χ4n) is 2.71. The predicted octanol–water partition coefficient (Wildman–Crippen LogP) is 0.248. The largest absolute Gasteiger partial charge is 0.376 e. The Bertz CT molecular complexity index is 607. The first-order valence-electron chi connectivity index (χ1n) is 7.74. The summed E-state index contributed by atoms with van der Waals surface area (Å²) >= 11 is 0. The maximum Gasteiger partial charge on any atom is 0.328 e. The summed E-state index contributed by atoms with van der Waals surface area (Å²) in [6.45, 7) is 2.97. The highest BCUT2D eigenvalue weighted by molar-refractivity contribution is 5.75. The normalized spacial score (nSPS) is 21.5. The number of nitrogens with one attached hydrogen (secondary N) is 2. The lowest BCUT2D eigenvalue weighted by Gasteiger charge is -2.28. The van der Waals surface area contributed by atoms with Crippen LogP contribution < -0.4 is 16.6 Å². The summed E-state index contributed by atoms with van der Waals surface area (Å²) in [4.78, 5) is 36.2. The summed E-state index contributed by atoms with van der Waals surface area (Å²) < 4.78 is 6.96. The molecule has 1 aliphatic rings. The standard InChI is InChI=1S/C15H23N3O4/c1-11-4-2-3-5-12(11)22-9-7-16-14(20)10-18-8-6-13(19)17-15(18)21/h6,8,11-12H,2-5,7,9-10H2,1H3,(H,16,20)(H,17,19,21)/t11-,12+/m1/s1. The summed E-state index contributed by atoms with van der Waals surface area (Å²) in [6, 6.07) is 1.21. The highest BCUT2D eigenvalue weighted by atomic mass is 16.5. The number of hydrogen-bond donors (Lipinski definition) is 2. The number of aromatic amines is 1. The zero-order valence-corrected chi connectivity index (χ0v) is 12.8. The number of nitrogens with zero attached hydrogens (tertiary/aromatic N) is 1. The van der Waals surface area contributed by atoms with Crippen molar-refractivity contribution < 1.29 is 9.53 Å². The molecule has 1 saturated carbocycles. The van der Waals surface area contributed by atoms with Gasteiger partial charge in [0.25, 0.3) is 5.56 Å². The number of carbonyl (C=O) groups excluding carboxylic acids is 1. The Hall–Kier alpha value is -1.89. The lowest BCUT2D eigenvalue weighted by Crippen LogP contribution is -2.37. The van der Waals surface area contributed by atoms with Gasteiger partial charge in [0.2, 0.25) is 5.91 Å². The van der Waals surface area contributed by atoms with E-state index in [4.69, 9.17) is 4.74 Å². The van der Waals surface area contributed by atoms with Gasteiger partial charge in [-0.25, -0.2) is 4.79 Å². The minimum absolute atomic E-state index is 0.116. The van der Waals surface area contributed by atoms with Gasteiger partial charge in [0.1, 0.15) is 6.54 Å². The van der Waals surface area contributed by atoms with Crippen LogP contribution >= 0.6 is 0 Å². The maximum atomic E-state index is 11.7. The van der Waals surface area contributed by atoms with Gasteiger partial charge in [-0.15, -0.1) is 0 Å². The molecule has 1 fully saturated rings. The van der Waals surface area contributed by atoms with Crippen LogP contribution in [0, 0.1) is 5.92 Å². The van der Waals surface area contributed by atoms with Gasteiger partial charge in [0.05, 0.1) is 12.7 Å². The van der Waals surface area contributed by atoms with Gasteiger partial charge < -0.3 is 10.1 Å². The number of hydrogen-bond acceptors (Lipinski definition) is 4. The summed E-state index contributed by atoms with van der Waals surface area (Å²) in [6.07, 6.45) is 6.35. The molecule has 0 aromatic carbocycles. The molecule has 0 aliphatic heterocycles. The molecule has 0 bridgehead atoms. The average molecular weight is 309 g/mol. The van der Waals surface area contributed by atoms with E-state index in [-0.39, 0.29) is 18.6 Å². The molecule has 22 heavy (non-hydrogen) atoms. The van der Waals surface area contributed by atoms with Crippen molar-refractivity contribution in [3.8, 4) is 0 Å². The van der Waals surface area contributed by atoms with E-state index in [1.165, 1.54) is 31.5 Å². The molecule has 2 N–H and O–H groups in total. The van der Waals surface area contributed by atoms with E-state index in [0.717, 1.165) is 11.0 Å². The smallest absolute Gasteiger partial charge is 0.328 e. The third-order valence-electron chi connectivity index (χ3n) is 4.00. The van der Waals surface area contributed by atoms with E-state index in [0.29, 0.717) is 19.1 Å². The summed E-state index contributed by atoms with van der Waals surface area (Å²) in [5.74, 6) is 0.290. The van der Waals surface area contributed by atoms with Gasteiger partial charge in [-0.1, -0.05) is 19.8 Å². The molecular formula is C15H23N3O4. The van der Waals surface area contributed by atoms with E-state index in [1.54, 1.807) is 0 Å². The van der Waals surface area contributed by atoms with E-state index in [9.17, 15) is 14.4 Å². The lowest BCUT2D eigenvalue weighted by molar-refractivity contribution is -0.122. The molecule has 7 heteroatoms. The minimum atomic E-state index is -0.588. The first-order valence-corrected chi connectivity index (χ1v) is 7.74. The Morgan fingerprint density at radius 3 is 2.91 bits per heavy atom. The van der Waals surface area contributed by atoms with Crippen LogP contribution in [0.25, 0.3) is 0 Å². The molecule has 0 saturated heterocycles. The van der Waals surface area contributed by atoms with Gasteiger partial charge in [-0.2, -0.15) is 0 Å². The molecule has 1 aliphatic carbocycles. The van der Waals surface area contributed by atoms with E-state index < -0.39 is 11.2 Å². The molecule has 0 unspecified atom stereocenters. The molecule has 2 rings (SSSR count). The Balaban J connectivity index is 1.69. The predicted molar refractivity (Wildman–Crippen MR) is 81.7 cm³/mol. The fraction of sp³-hybridized carbons (Fsp3) is 0.667. The van der Waals surface area contributed by atoms with Crippen molar-refractivity contribution in [3.63, 3.8) is 0 Å². The first-order chi connectivity index (χ1) is 10.6. The van der Waals surface area contributed by atoms with Crippen LogP contribution in [0.1, 0.15) is 32.6 Å². The summed E-state index contributed by atoms with van der Waals surface area (Å²) in [7, 11) is 0. The van der Waals surface area contributed by atoms with Gasteiger partial charge >= 0.3 is 5.69 Å². The zero-order valence-electron chi connectivity index (χ0n) is 12.8. The topological polar surface area (TPSA) is 93.2 Å². The van der Waals surface area contributed by atoms with Crippen molar-refractivity contribution in [2.24, 2.45) is 5.92 Å². The maximum absolute atomic E-state index is 11.7. The van der Waals surface area contributed by atoms with Gasteiger partial charge in [-0.05, 0) is 18.8 Å². The second kappa shape index (κ2) is 7.93. The SMILES string of the molecule is C[C@@H]1CCCC[C@@H]1OCCNC(=O)Cn1ccc(=O)[nH]c1=O. The third-order valence-corrected chi connectivity index (χ3v) is 4.00. The van der Waals surface area contributed by atoms with Crippen molar-refractivity contribution in [1.29, 1.82) is 0 Å². The van der Waals surface area contributed by atoms with Crippen LogP contribution in [0.15, 0.2) is 21.9 Å². The van der Waals surface area contributed by atoms with Crippen LogP contribution in [-0.4, -0.2) is 34.7 Å². The van der Waals surface area contributed by atoms with Gasteiger partial charge in [0, 0.05) is 18.8 Å². The molecule has 2 atom stereocenters. The molecule has 1 aromatic rings. The quantitative estimate of drug-likeness (QED) is 0.737. The molecular weight excluding hydrogens is 286 g/mol. The number of carbonyl (C=O) groups is 1. The number of H-pyrrole nitrogens is 1. The molecule has 122 valence electrons. The van der Waals surface area contributed by atoms with Crippen LogP contribution in [0.5, 0.6) is 0 Å². The van der Waals surface area contributed by atoms with Crippen LogP contribution in [0.3, 0.4) is 0 Å². The fourth-order valence-corrected chi connectivity index (χ4v) is 2.71. The van der Waals surface area contributed by atoms with Crippen molar-refractivity contribution in [2.75, 3.05) is 13.2 Å². The van der Waals surface area contributed by atoms with Crippen molar-refractivity contribution in [1.82, 2.24) is 14.9 Å². The molecule has 0 radical (unpaired) electrons. The Labute approximate surface area is 128 Å². The average Bonchev–Trinajstić information content (AvgIpc) is 2.48. The van der Waals surface area contributed by atoms with Crippen molar-refractivity contribution >= 4 is 5.91 Å². The number of aromatic nitrogens is 2. The third kappa shape index (κ3) is 4.84. The Morgan fingerprint density at radius 1 is 1.41 bits per heavy atom. The lowest BCUT2D eigenvalue weighted by atomic mass is 9.88. The van der Waals surface area contributed by atoms with E-state index in [2.05, 4.69) is 17.2 Å². The number of amides is 1. The Kier molecular flexibility index (Phi) is 5.94. The second-order valence-electron chi connectivity index (χ2n) is 5.76. The number of rotatable bonds is 6. The molecule has 7 nitrogen and oxygen atoms in total. The van der Waals surface area contributed by atoms with E-state index in [1.807, 2.05) is 0 Å². The second-order valence-corrected chi connectivity index (χ2v) is 5.76. The van der Waals surface area contributed by atoms with Crippen molar-refractivity contribution in [2.45, 2.75) is 45.3 Å². The molecule has 0 spiro atoms. The van der Waals surface area contributed by atoms with E-state index >= 15 is 0 Å². The van der Waals surface area contributed by atoms with Crippen LogP contribution in [-0.2, 0) is 16.1 Å². The van der Waals surface area contributed by atoms with Gasteiger partial charge in [0.15, 0.2) is 0 Å².